The first-order valence-corrected chi connectivity index (χ1v) is 6.16. The minimum Gasteiger partial charge on any atom is -0.390 e. The summed E-state index contributed by atoms with van der Waals surface area (Å²) >= 11 is 0. The molecule has 1 atom stereocenters. The van der Waals surface area contributed by atoms with Crippen molar-refractivity contribution < 1.29 is 14.7 Å². The summed E-state index contributed by atoms with van der Waals surface area (Å²) in [6, 6.07) is 9.83. The number of rotatable bonds is 7. The van der Waals surface area contributed by atoms with Crippen LogP contribution in [0.3, 0.4) is 0 Å². The summed E-state index contributed by atoms with van der Waals surface area (Å²) in [6.45, 7) is 3.03. The molecule has 3 nitrogen and oxygen atoms in total. The van der Waals surface area contributed by atoms with Crippen molar-refractivity contribution in [2.45, 2.75) is 45.1 Å². The van der Waals surface area contributed by atoms with Crippen molar-refractivity contribution in [2.75, 3.05) is 0 Å². The van der Waals surface area contributed by atoms with E-state index >= 15 is 0 Å². The summed E-state index contributed by atoms with van der Waals surface area (Å²) in [5, 5.41) is 10.1. The third-order valence-corrected chi connectivity index (χ3v) is 2.82. The Morgan fingerprint density at radius 2 is 1.83 bits per heavy atom. The molecule has 18 heavy (non-hydrogen) atoms. The van der Waals surface area contributed by atoms with Gasteiger partial charge in [-0.3, -0.25) is 9.59 Å². The molecule has 1 aromatic rings. The fourth-order valence-corrected chi connectivity index (χ4v) is 1.91. The molecule has 0 aliphatic carbocycles. The zero-order valence-electron chi connectivity index (χ0n) is 11.0. The van der Waals surface area contributed by atoms with Crippen LogP contribution in [0.2, 0.25) is 0 Å². The molecule has 1 N–H and O–H groups in total. The summed E-state index contributed by atoms with van der Waals surface area (Å²) in [4.78, 5) is 22.3. The van der Waals surface area contributed by atoms with Crippen LogP contribution in [0.1, 0.15) is 38.7 Å². The molecule has 0 amide bonds. The second kappa shape index (κ2) is 6.45. The summed E-state index contributed by atoms with van der Waals surface area (Å²) in [7, 11) is 0. The van der Waals surface area contributed by atoms with Crippen molar-refractivity contribution in [3.8, 4) is 0 Å². The molecule has 1 aromatic carbocycles. The molecule has 0 unspecified atom stereocenters. The Labute approximate surface area is 108 Å². The monoisotopic (exact) mass is 248 g/mol. The summed E-state index contributed by atoms with van der Waals surface area (Å²) in [5.74, 6) is -0.348. The minimum absolute atomic E-state index is 0.0411. The lowest BCUT2D eigenvalue weighted by Crippen LogP contribution is -2.29. The molecule has 0 aliphatic heterocycles. The molecule has 0 saturated heterocycles. The van der Waals surface area contributed by atoms with E-state index in [2.05, 4.69) is 0 Å². The number of carbonyl (C=O) groups is 2. The van der Waals surface area contributed by atoms with Gasteiger partial charge in [-0.25, -0.2) is 0 Å². The number of benzene rings is 1. The summed E-state index contributed by atoms with van der Waals surface area (Å²) in [5.41, 5.74) is 0.0966. The topological polar surface area (TPSA) is 54.4 Å². The van der Waals surface area contributed by atoms with Gasteiger partial charge in [0.2, 0.25) is 0 Å². The van der Waals surface area contributed by atoms with Crippen LogP contribution in [0.15, 0.2) is 30.3 Å². The van der Waals surface area contributed by atoms with Gasteiger partial charge in [-0.2, -0.15) is 0 Å². The molecule has 0 bridgehead atoms. The molecular formula is C15H20O3. The molecular weight excluding hydrogens is 228 g/mol. The van der Waals surface area contributed by atoms with Gasteiger partial charge >= 0.3 is 0 Å². The summed E-state index contributed by atoms with van der Waals surface area (Å²) in [6.07, 6.45) is 1.20. The standard InChI is InChI=1S/C15H20O3/c1-12(16)10-14(17)11-15(2,18)9-8-13-6-4-3-5-7-13/h3-7,18H,8-11H2,1-2H3/t15-/m0/s1. The molecule has 0 spiro atoms. The first-order valence-electron chi connectivity index (χ1n) is 6.16. The number of hydrogen-bond acceptors (Lipinski definition) is 3. The van der Waals surface area contributed by atoms with E-state index in [0.717, 1.165) is 12.0 Å². The Balaban J connectivity index is 2.44. The van der Waals surface area contributed by atoms with Crippen molar-refractivity contribution in [2.24, 2.45) is 0 Å². The maximum atomic E-state index is 11.5. The van der Waals surface area contributed by atoms with E-state index in [-0.39, 0.29) is 24.4 Å². The Morgan fingerprint density at radius 3 is 2.39 bits per heavy atom. The van der Waals surface area contributed by atoms with E-state index in [1.54, 1.807) is 6.92 Å². The van der Waals surface area contributed by atoms with Crippen molar-refractivity contribution >= 4 is 11.6 Å². The van der Waals surface area contributed by atoms with Gasteiger partial charge in [-0.1, -0.05) is 30.3 Å². The lowest BCUT2D eigenvalue weighted by Gasteiger charge is -2.22. The molecule has 0 aliphatic rings. The predicted octanol–water partition coefficient (Wildman–Crippen LogP) is 2.31. The third-order valence-electron chi connectivity index (χ3n) is 2.82. The van der Waals surface area contributed by atoms with Crippen LogP contribution < -0.4 is 0 Å². The van der Waals surface area contributed by atoms with E-state index < -0.39 is 5.60 Å². The zero-order chi connectivity index (χ0) is 13.6. The minimum atomic E-state index is -1.04. The SMILES string of the molecule is CC(=O)CC(=O)C[C@@](C)(O)CCc1ccccc1. The molecule has 0 radical (unpaired) electrons. The van der Waals surface area contributed by atoms with Gasteiger partial charge < -0.3 is 5.11 Å². The first kappa shape index (κ1) is 14.6. The maximum Gasteiger partial charge on any atom is 0.143 e. The smallest absolute Gasteiger partial charge is 0.143 e. The van der Waals surface area contributed by atoms with E-state index in [1.165, 1.54) is 6.92 Å². The largest absolute Gasteiger partial charge is 0.390 e. The van der Waals surface area contributed by atoms with Crippen LogP contribution in [-0.2, 0) is 16.0 Å². The second-order valence-corrected chi connectivity index (χ2v) is 5.08. The van der Waals surface area contributed by atoms with Gasteiger partial charge in [0.05, 0.1) is 12.0 Å². The Morgan fingerprint density at radius 1 is 1.22 bits per heavy atom. The molecule has 0 aromatic heterocycles. The van der Waals surface area contributed by atoms with Gasteiger partial charge in [-0.15, -0.1) is 0 Å². The number of aryl methyl sites for hydroxylation is 1. The fourth-order valence-electron chi connectivity index (χ4n) is 1.91. The second-order valence-electron chi connectivity index (χ2n) is 5.08. The van der Waals surface area contributed by atoms with Crippen LogP contribution in [0.5, 0.6) is 0 Å². The highest BCUT2D eigenvalue weighted by Gasteiger charge is 2.24. The van der Waals surface area contributed by atoms with Crippen LogP contribution in [0, 0.1) is 0 Å². The normalized spacial score (nSPS) is 13.9. The van der Waals surface area contributed by atoms with Gasteiger partial charge in [0.1, 0.15) is 11.6 Å². The maximum absolute atomic E-state index is 11.5. The number of hydrogen-bond donors (Lipinski definition) is 1. The average Bonchev–Trinajstić information content (AvgIpc) is 2.26. The Bertz CT molecular complexity index is 407. The molecule has 0 heterocycles. The highest BCUT2D eigenvalue weighted by molar-refractivity contribution is 5.98. The van der Waals surface area contributed by atoms with Crippen LogP contribution >= 0.6 is 0 Å². The van der Waals surface area contributed by atoms with Gasteiger partial charge in [0.15, 0.2) is 0 Å². The summed E-state index contributed by atoms with van der Waals surface area (Å²) < 4.78 is 0. The van der Waals surface area contributed by atoms with Crippen LogP contribution in [0.25, 0.3) is 0 Å². The molecule has 1 rings (SSSR count). The highest BCUT2D eigenvalue weighted by atomic mass is 16.3. The molecule has 0 fully saturated rings. The average molecular weight is 248 g/mol. The van der Waals surface area contributed by atoms with Gasteiger partial charge in [0.25, 0.3) is 0 Å². The van der Waals surface area contributed by atoms with Crippen molar-refractivity contribution in [1.82, 2.24) is 0 Å². The quantitative estimate of drug-likeness (QED) is 0.753. The van der Waals surface area contributed by atoms with Crippen LogP contribution in [0.4, 0.5) is 0 Å². The highest BCUT2D eigenvalue weighted by Crippen LogP contribution is 2.19. The van der Waals surface area contributed by atoms with E-state index in [0.29, 0.717) is 6.42 Å². The molecule has 0 saturated carbocycles. The lowest BCUT2D eigenvalue weighted by molar-refractivity contribution is -0.128. The Hall–Kier alpha value is -1.48. The van der Waals surface area contributed by atoms with E-state index in [4.69, 9.17) is 0 Å². The molecule has 98 valence electrons. The zero-order valence-corrected chi connectivity index (χ0v) is 11.0. The number of Topliss-reactive ketones (excluding diaryl/α,β-unsaturated/α-hetero) is 2. The van der Waals surface area contributed by atoms with E-state index in [9.17, 15) is 14.7 Å². The van der Waals surface area contributed by atoms with Gasteiger partial charge in [-0.05, 0) is 32.3 Å². The number of aliphatic hydroxyl groups is 1. The fraction of sp³-hybridized carbons (Fsp3) is 0.467. The molecule has 3 heteroatoms. The van der Waals surface area contributed by atoms with Crippen molar-refractivity contribution in [1.29, 1.82) is 0 Å². The van der Waals surface area contributed by atoms with Gasteiger partial charge in [0, 0.05) is 6.42 Å². The van der Waals surface area contributed by atoms with Crippen LogP contribution in [-0.4, -0.2) is 22.3 Å². The number of ketones is 2. The lowest BCUT2D eigenvalue weighted by atomic mass is 9.90. The van der Waals surface area contributed by atoms with E-state index in [1.807, 2.05) is 30.3 Å². The Kier molecular flexibility index (Phi) is 5.23. The predicted molar refractivity (Wildman–Crippen MR) is 70.3 cm³/mol. The van der Waals surface area contributed by atoms with Crippen molar-refractivity contribution in [3.05, 3.63) is 35.9 Å². The van der Waals surface area contributed by atoms with Crippen molar-refractivity contribution in [3.63, 3.8) is 0 Å². The third kappa shape index (κ3) is 5.73. The first-order chi connectivity index (χ1) is 8.39. The number of carbonyl (C=O) groups excluding carboxylic acids is 2.